The van der Waals surface area contributed by atoms with Crippen molar-refractivity contribution >= 4 is 5.82 Å². The number of anilines is 1. The molecular weight excluding hydrogens is 190 g/mol. The molecule has 1 aromatic rings. The van der Waals surface area contributed by atoms with Crippen LogP contribution in [0.4, 0.5) is 5.82 Å². The summed E-state index contributed by atoms with van der Waals surface area (Å²) in [5.74, 6) is 0.940. The molecule has 2 heterocycles. The Labute approximate surface area is 89.9 Å². The van der Waals surface area contributed by atoms with Gasteiger partial charge in [0.1, 0.15) is 0 Å². The van der Waals surface area contributed by atoms with Crippen molar-refractivity contribution in [3.05, 3.63) is 18.3 Å². The van der Waals surface area contributed by atoms with Gasteiger partial charge in [0.25, 0.3) is 0 Å². The van der Waals surface area contributed by atoms with Crippen LogP contribution in [-0.2, 0) is 0 Å². The average Bonchev–Trinajstić information content (AvgIpc) is 2.31. The first-order valence-corrected chi connectivity index (χ1v) is 5.57. The van der Waals surface area contributed by atoms with Crippen LogP contribution < -0.4 is 4.90 Å². The molecule has 0 bridgehead atoms. The smallest absolute Gasteiger partial charge is 0.151 e. The van der Waals surface area contributed by atoms with Crippen LogP contribution in [0.1, 0.15) is 25.7 Å². The molecule has 1 N–H and O–H groups in total. The lowest BCUT2D eigenvalue weighted by Crippen LogP contribution is -2.40. The molecule has 1 aliphatic heterocycles. The van der Waals surface area contributed by atoms with Gasteiger partial charge in [0.2, 0.25) is 0 Å². The first-order valence-electron chi connectivity index (χ1n) is 5.57. The van der Waals surface area contributed by atoms with Gasteiger partial charge in [-0.3, -0.25) is 0 Å². The molecule has 1 atom stereocenters. The fraction of sp³-hybridized carbons (Fsp3) is 0.636. The van der Waals surface area contributed by atoms with E-state index < -0.39 is 0 Å². The van der Waals surface area contributed by atoms with E-state index in [-0.39, 0.29) is 6.61 Å². The van der Waals surface area contributed by atoms with E-state index in [9.17, 15) is 0 Å². The molecule has 0 spiro atoms. The molecule has 1 aliphatic rings. The molecular formula is C11H17N3O. The third-order valence-corrected chi connectivity index (χ3v) is 2.94. The first-order chi connectivity index (χ1) is 7.42. The van der Waals surface area contributed by atoms with Gasteiger partial charge in [-0.2, -0.15) is 5.10 Å². The van der Waals surface area contributed by atoms with Crippen LogP contribution in [0.15, 0.2) is 18.3 Å². The fourth-order valence-electron chi connectivity index (χ4n) is 2.20. The number of hydrogen-bond acceptors (Lipinski definition) is 4. The lowest BCUT2D eigenvalue weighted by molar-refractivity contribution is 0.262. The summed E-state index contributed by atoms with van der Waals surface area (Å²) in [6, 6.07) is 4.33. The third kappa shape index (κ3) is 2.45. The Hall–Kier alpha value is -1.16. The quantitative estimate of drug-likeness (QED) is 0.809. The summed E-state index contributed by atoms with van der Waals surface area (Å²) in [5.41, 5.74) is 0. The number of nitrogens with zero attached hydrogens (tertiary/aromatic N) is 3. The highest BCUT2D eigenvalue weighted by molar-refractivity contribution is 5.38. The van der Waals surface area contributed by atoms with Gasteiger partial charge in [0.15, 0.2) is 5.82 Å². The average molecular weight is 207 g/mol. The topological polar surface area (TPSA) is 49.2 Å². The van der Waals surface area contributed by atoms with Gasteiger partial charge in [0.05, 0.1) is 0 Å². The number of aliphatic hydroxyl groups excluding tert-OH is 1. The third-order valence-electron chi connectivity index (χ3n) is 2.94. The second-order valence-electron chi connectivity index (χ2n) is 3.94. The Balaban J connectivity index is 2.11. The zero-order valence-corrected chi connectivity index (χ0v) is 8.84. The van der Waals surface area contributed by atoms with E-state index in [4.69, 9.17) is 5.11 Å². The van der Waals surface area contributed by atoms with Gasteiger partial charge in [-0.25, -0.2) is 0 Å². The van der Waals surface area contributed by atoms with Crippen LogP contribution in [0.25, 0.3) is 0 Å². The summed E-state index contributed by atoms with van der Waals surface area (Å²) in [4.78, 5) is 2.27. The summed E-state index contributed by atoms with van der Waals surface area (Å²) in [7, 11) is 0. The van der Waals surface area contributed by atoms with E-state index in [1.54, 1.807) is 6.20 Å². The van der Waals surface area contributed by atoms with E-state index in [0.717, 1.165) is 25.2 Å². The van der Waals surface area contributed by atoms with Crippen LogP contribution in [0.2, 0.25) is 0 Å². The van der Waals surface area contributed by atoms with Gasteiger partial charge in [-0.15, -0.1) is 5.10 Å². The summed E-state index contributed by atoms with van der Waals surface area (Å²) >= 11 is 0. The first kappa shape index (κ1) is 10.4. The van der Waals surface area contributed by atoms with Crippen molar-refractivity contribution in [2.45, 2.75) is 31.7 Å². The second kappa shape index (κ2) is 5.07. The molecule has 0 aliphatic carbocycles. The van der Waals surface area contributed by atoms with Crippen LogP contribution in [0, 0.1) is 0 Å². The number of hydrogen-bond donors (Lipinski definition) is 1. The van der Waals surface area contributed by atoms with Crippen molar-refractivity contribution in [3.8, 4) is 0 Å². The number of piperidine rings is 1. The number of aromatic nitrogens is 2. The standard InChI is InChI=1S/C11H17N3O/c15-9-6-10-4-1-2-8-14(10)11-5-3-7-12-13-11/h3,5,7,10,15H,1-2,4,6,8-9H2. The molecule has 1 unspecified atom stereocenters. The predicted octanol–water partition coefficient (Wildman–Crippen LogP) is 1.22. The number of rotatable bonds is 3. The van der Waals surface area contributed by atoms with Crippen LogP contribution in [0.3, 0.4) is 0 Å². The molecule has 2 rings (SSSR count). The van der Waals surface area contributed by atoms with E-state index in [1.165, 1.54) is 12.8 Å². The molecule has 0 aromatic carbocycles. The Kier molecular flexibility index (Phi) is 3.50. The molecule has 4 heteroatoms. The minimum Gasteiger partial charge on any atom is -0.396 e. The normalized spacial score (nSPS) is 21.7. The highest BCUT2D eigenvalue weighted by Crippen LogP contribution is 2.23. The minimum absolute atomic E-state index is 0.251. The van der Waals surface area contributed by atoms with Gasteiger partial charge in [-0.1, -0.05) is 0 Å². The largest absolute Gasteiger partial charge is 0.396 e. The maximum atomic E-state index is 9.02. The van der Waals surface area contributed by atoms with Crippen molar-refractivity contribution in [2.24, 2.45) is 0 Å². The molecule has 1 saturated heterocycles. The van der Waals surface area contributed by atoms with Crippen molar-refractivity contribution < 1.29 is 5.11 Å². The van der Waals surface area contributed by atoms with Crippen molar-refractivity contribution in [2.75, 3.05) is 18.1 Å². The van der Waals surface area contributed by atoms with E-state index >= 15 is 0 Å². The number of aliphatic hydroxyl groups is 1. The van der Waals surface area contributed by atoms with Crippen molar-refractivity contribution in [1.82, 2.24) is 10.2 Å². The molecule has 15 heavy (non-hydrogen) atoms. The van der Waals surface area contributed by atoms with Gasteiger partial charge in [0, 0.05) is 25.4 Å². The van der Waals surface area contributed by atoms with E-state index in [0.29, 0.717) is 6.04 Å². The minimum atomic E-state index is 0.251. The molecule has 4 nitrogen and oxygen atoms in total. The monoisotopic (exact) mass is 207 g/mol. The van der Waals surface area contributed by atoms with Crippen LogP contribution >= 0.6 is 0 Å². The SMILES string of the molecule is OCCC1CCCCN1c1cccnn1. The zero-order chi connectivity index (χ0) is 10.5. The lowest BCUT2D eigenvalue weighted by Gasteiger charge is -2.36. The zero-order valence-electron chi connectivity index (χ0n) is 8.84. The highest BCUT2D eigenvalue weighted by atomic mass is 16.3. The van der Waals surface area contributed by atoms with E-state index in [2.05, 4.69) is 15.1 Å². The Morgan fingerprint density at radius 1 is 1.47 bits per heavy atom. The predicted molar refractivity (Wildman–Crippen MR) is 58.7 cm³/mol. The summed E-state index contributed by atoms with van der Waals surface area (Å²) in [6.45, 7) is 1.28. The maximum absolute atomic E-state index is 9.02. The molecule has 1 aromatic heterocycles. The summed E-state index contributed by atoms with van der Waals surface area (Å²) in [6.07, 6.45) is 6.13. The second-order valence-corrected chi connectivity index (χ2v) is 3.94. The van der Waals surface area contributed by atoms with E-state index in [1.807, 2.05) is 12.1 Å². The van der Waals surface area contributed by atoms with Gasteiger partial charge in [-0.05, 0) is 37.8 Å². The molecule has 82 valence electrons. The maximum Gasteiger partial charge on any atom is 0.151 e. The summed E-state index contributed by atoms with van der Waals surface area (Å²) in [5, 5.41) is 17.0. The lowest BCUT2D eigenvalue weighted by atomic mass is 10.00. The van der Waals surface area contributed by atoms with Crippen LogP contribution in [0.5, 0.6) is 0 Å². The highest BCUT2D eigenvalue weighted by Gasteiger charge is 2.22. The van der Waals surface area contributed by atoms with Crippen molar-refractivity contribution in [3.63, 3.8) is 0 Å². The Morgan fingerprint density at radius 2 is 2.40 bits per heavy atom. The van der Waals surface area contributed by atoms with Crippen molar-refractivity contribution in [1.29, 1.82) is 0 Å². The molecule has 1 fully saturated rings. The molecule has 0 amide bonds. The molecule has 0 saturated carbocycles. The Morgan fingerprint density at radius 3 is 3.13 bits per heavy atom. The van der Waals surface area contributed by atoms with Gasteiger partial charge >= 0.3 is 0 Å². The van der Waals surface area contributed by atoms with Gasteiger partial charge < -0.3 is 10.0 Å². The fourth-order valence-corrected chi connectivity index (χ4v) is 2.20. The molecule has 0 radical (unpaired) electrons. The van der Waals surface area contributed by atoms with Crippen LogP contribution in [-0.4, -0.2) is 34.5 Å². The summed E-state index contributed by atoms with van der Waals surface area (Å²) < 4.78 is 0. The Bertz CT molecular complexity index is 289.